The molecule has 0 saturated carbocycles. The molecule has 1 aromatic rings. The molecule has 0 atom stereocenters. The van der Waals surface area contributed by atoms with Crippen LogP contribution in [-0.4, -0.2) is 20.2 Å². The van der Waals surface area contributed by atoms with Gasteiger partial charge in [-0.25, -0.2) is 0 Å². The Hall–Kier alpha value is -0.870. The lowest BCUT2D eigenvalue weighted by Gasteiger charge is -2.08. The SMILES string of the molecule is COC(=O)Cc1cc(SCl)ccc1OC. The van der Waals surface area contributed by atoms with Crippen LogP contribution in [-0.2, 0) is 16.0 Å². The maximum absolute atomic E-state index is 11.1. The van der Waals surface area contributed by atoms with Crippen LogP contribution in [0.4, 0.5) is 0 Å². The number of benzene rings is 1. The Kier molecular flexibility index (Phi) is 4.78. The van der Waals surface area contributed by atoms with Crippen LogP contribution in [0.1, 0.15) is 5.56 Å². The van der Waals surface area contributed by atoms with Crippen molar-refractivity contribution >= 4 is 27.6 Å². The largest absolute Gasteiger partial charge is 0.496 e. The molecule has 3 nitrogen and oxygen atoms in total. The second-order valence-corrected chi connectivity index (χ2v) is 3.89. The van der Waals surface area contributed by atoms with E-state index in [1.54, 1.807) is 13.2 Å². The molecule has 0 amide bonds. The van der Waals surface area contributed by atoms with Crippen LogP contribution in [0.15, 0.2) is 23.1 Å². The topological polar surface area (TPSA) is 35.5 Å². The molecule has 0 aromatic heterocycles. The van der Waals surface area contributed by atoms with Crippen LogP contribution in [0.25, 0.3) is 0 Å². The van der Waals surface area contributed by atoms with E-state index in [-0.39, 0.29) is 12.4 Å². The molecule has 0 spiro atoms. The van der Waals surface area contributed by atoms with Gasteiger partial charge in [0.05, 0.1) is 20.6 Å². The average Bonchev–Trinajstić information content (AvgIpc) is 2.28. The van der Waals surface area contributed by atoms with E-state index in [0.29, 0.717) is 5.75 Å². The second kappa shape index (κ2) is 5.88. The van der Waals surface area contributed by atoms with Gasteiger partial charge in [0, 0.05) is 10.5 Å². The molecule has 0 N–H and O–H groups in total. The van der Waals surface area contributed by atoms with E-state index in [2.05, 4.69) is 4.74 Å². The summed E-state index contributed by atoms with van der Waals surface area (Å²) in [6.45, 7) is 0. The van der Waals surface area contributed by atoms with Gasteiger partial charge in [-0.05, 0) is 39.9 Å². The third kappa shape index (κ3) is 3.32. The van der Waals surface area contributed by atoms with Gasteiger partial charge >= 0.3 is 5.97 Å². The van der Waals surface area contributed by atoms with Crippen molar-refractivity contribution in [1.29, 1.82) is 0 Å². The summed E-state index contributed by atoms with van der Waals surface area (Å²) in [4.78, 5) is 12.0. The van der Waals surface area contributed by atoms with Gasteiger partial charge in [0.15, 0.2) is 0 Å². The summed E-state index contributed by atoms with van der Waals surface area (Å²) in [5.74, 6) is 0.361. The van der Waals surface area contributed by atoms with Crippen molar-refractivity contribution in [3.05, 3.63) is 23.8 Å². The van der Waals surface area contributed by atoms with Crippen molar-refractivity contribution in [3.63, 3.8) is 0 Å². The highest BCUT2D eigenvalue weighted by atomic mass is 35.7. The smallest absolute Gasteiger partial charge is 0.310 e. The van der Waals surface area contributed by atoms with E-state index in [1.807, 2.05) is 12.1 Å². The second-order valence-electron chi connectivity index (χ2n) is 2.80. The first-order valence-electron chi connectivity index (χ1n) is 4.23. The number of hydrogen-bond acceptors (Lipinski definition) is 4. The van der Waals surface area contributed by atoms with Crippen molar-refractivity contribution in [2.45, 2.75) is 11.3 Å². The molecular formula is C10H11ClO3S. The molecule has 1 aromatic carbocycles. The molecule has 0 fully saturated rings. The number of ether oxygens (including phenoxy) is 2. The van der Waals surface area contributed by atoms with Crippen molar-refractivity contribution < 1.29 is 14.3 Å². The lowest BCUT2D eigenvalue weighted by Crippen LogP contribution is -2.05. The molecule has 1 rings (SSSR count). The molecular weight excluding hydrogens is 236 g/mol. The van der Waals surface area contributed by atoms with Gasteiger partial charge < -0.3 is 9.47 Å². The zero-order valence-corrected chi connectivity index (χ0v) is 10.0. The van der Waals surface area contributed by atoms with Gasteiger partial charge in [-0.3, -0.25) is 4.79 Å². The van der Waals surface area contributed by atoms with Crippen molar-refractivity contribution in [3.8, 4) is 5.75 Å². The highest BCUT2D eigenvalue weighted by Crippen LogP contribution is 2.28. The summed E-state index contributed by atoms with van der Waals surface area (Å²) in [5, 5.41) is 0. The Labute approximate surface area is 97.2 Å². The minimum Gasteiger partial charge on any atom is -0.496 e. The monoisotopic (exact) mass is 246 g/mol. The molecule has 0 radical (unpaired) electrons. The van der Waals surface area contributed by atoms with Crippen LogP contribution < -0.4 is 4.74 Å². The van der Waals surface area contributed by atoms with Crippen molar-refractivity contribution in [1.82, 2.24) is 0 Å². The van der Waals surface area contributed by atoms with Gasteiger partial charge in [0.2, 0.25) is 0 Å². The van der Waals surface area contributed by atoms with E-state index < -0.39 is 0 Å². The molecule has 0 saturated heterocycles. The first kappa shape index (κ1) is 12.2. The number of esters is 1. The average molecular weight is 247 g/mol. The molecule has 0 aliphatic heterocycles. The van der Waals surface area contributed by atoms with Crippen molar-refractivity contribution in [2.24, 2.45) is 0 Å². The van der Waals surface area contributed by atoms with Gasteiger partial charge in [-0.2, -0.15) is 0 Å². The quantitative estimate of drug-likeness (QED) is 0.766. The number of rotatable bonds is 4. The Morgan fingerprint density at radius 3 is 2.73 bits per heavy atom. The molecule has 0 aliphatic rings. The molecule has 82 valence electrons. The summed E-state index contributed by atoms with van der Waals surface area (Å²) in [5.41, 5.74) is 0.773. The Morgan fingerprint density at radius 2 is 2.20 bits per heavy atom. The minimum absolute atomic E-state index is 0.185. The van der Waals surface area contributed by atoms with E-state index in [4.69, 9.17) is 15.4 Å². The zero-order valence-electron chi connectivity index (χ0n) is 8.45. The lowest BCUT2D eigenvalue weighted by molar-refractivity contribution is -0.139. The fourth-order valence-corrected chi connectivity index (χ4v) is 1.76. The van der Waals surface area contributed by atoms with E-state index >= 15 is 0 Å². The molecule has 0 unspecified atom stereocenters. The number of carbonyl (C=O) groups is 1. The molecule has 0 bridgehead atoms. The number of hydrogen-bond donors (Lipinski definition) is 0. The van der Waals surface area contributed by atoms with Gasteiger partial charge in [-0.15, -0.1) is 0 Å². The van der Waals surface area contributed by atoms with E-state index in [0.717, 1.165) is 21.4 Å². The third-order valence-electron chi connectivity index (χ3n) is 1.90. The maximum atomic E-state index is 11.1. The van der Waals surface area contributed by atoms with Crippen LogP contribution in [0.5, 0.6) is 5.75 Å². The first-order chi connectivity index (χ1) is 7.21. The maximum Gasteiger partial charge on any atom is 0.310 e. The predicted molar refractivity (Wildman–Crippen MR) is 60.4 cm³/mol. The standard InChI is InChI=1S/C10H11ClO3S/c1-13-9-4-3-8(15-11)5-7(9)6-10(12)14-2/h3-5H,6H2,1-2H3. The number of methoxy groups -OCH3 is 2. The molecule has 5 heteroatoms. The van der Waals surface area contributed by atoms with Gasteiger partial charge in [0.25, 0.3) is 0 Å². The predicted octanol–water partition coefficient (Wildman–Crippen LogP) is 2.66. The van der Waals surface area contributed by atoms with Crippen LogP contribution in [0, 0.1) is 0 Å². The van der Waals surface area contributed by atoms with Crippen molar-refractivity contribution in [2.75, 3.05) is 14.2 Å². The summed E-state index contributed by atoms with van der Waals surface area (Å²) in [7, 11) is 9.64. The lowest BCUT2D eigenvalue weighted by atomic mass is 10.1. The third-order valence-corrected chi connectivity index (χ3v) is 2.87. The summed E-state index contributed by atoms with van der Waals surface area (Å²) in [6, 6.07) is 5.42. The molecule has 0 aliphatic carbocycles. The summed E-state index contributed by atoms with van der Waals surface area (Å²) >= 11 is 0. The van der Waals surface area contributed by atoms with Gasteiger partial charge in [0.1, 0.15) is 5.75 Å². The highest BCUT2D eigenvalue weighted by molar-refractivity contribution is 8.21. The van der Waals surface area contributed by atoms with Gasteiger partial charge in [-0.1, -0.05) is 0 Å². The van der Waals surface area contributed by atoms with Crippen LogP contribution in [0.2, 0.25) is 0 Å². The summed E-state index contributed by atoms with van der Waals surface area (Å²) in [6.07, 6.45) is 0.185. The normalized spacial score (nSPS) is 9.80. The zero-order chi connectivity index (χ0) is 11.3. The highest BCUT2D eigenvalue weighted by Gasteiger charge is 2.09. The van der Waals surface area contributed by atoms with E-state index in [1.165, 1.54) is 7.11 Å². The minimum atomic E-state index is -0.301. The fourth-order valence-electron chi connectivity index (χ4n) is 1.17. The Balaban J connectivity index is 2.95. The fraction of sp³-hybridized carbons (Fsp3) is 0.300. The molecule has 0 heterocycles. The number of carbonyl (C=O) groups excluding carboxylic acids is 1. The Bertz CT molecular complexity index is 355. The van der Waals surface area contributed by atoms with E-state index in [9.17, 15) is 4.79 Å². The Morgan fingerprint density at radius 1 is 1.47 bits per heavy atom. The first-order valence-corrected chi connectivity index (χ1v) is 5.88. The van der Waals surface area contributed by atoms with Crippen LogP contribution in [0.3, 0.4) is 0 Å². The summed E-state index contributed by atoms with van der Waals surface area (Å²) < 4.78 is 9.72. The van der Waals surface area contributed by atoms with Crippen LogP contribution >= 0.6 is 21.7 Å². The molecule has 15 heavy (non-hydrogen) atoms. The number of halogens is 1.